The van der Waals surface area contributed by atoms with E-state index >= 15 is 0 Å². The number of unbranched alkanes of at least 4 members (excludes halogenated alkanes) is 2. The first-order valence-electron chi connectivity index (χ1n) is 6.51. The molecule has 1 amide bonds. The molecule has 0 spiro atoms. The summed E-state index contributed by atoms with van der Waals surface area (Å²) in [7, 11) is -1.53. The molecule has 18 heavy (non-hydrogen) atoms. The zero-order valence-corrected chi connectivity index (χ0v) is 12.5. The van der Waals surface area contributed by atoms with Crippen molar-refractivity contribution in [2.24, 2.45) is 0 Å². The van der Waals surface area contributed by atoms with Crippen LogP contribution >= 0.6 is 11.6 Å². The molecule has 1 heterocycles. The highest BCUT2D eigenvalue weighted by Gasteiger charge is 2.36. The van der Waals surface area contributed by atoms with Crippen molar-refractivity contribution in [2.75, 3.05) is 25.2 Å². The predicted octanol–water partition coefficient (Wildman–Crippen LogP) is 1.82. The highest BCUT2D eigenvalue weighted by atomic mass is 35.5. The molecule has 1 unspecified atom stereocenters. The quantitative estimate of drug-likeness (QED) is 0.555. The van der Waals surface area contributed by atoms with Crippen LogP contribution in [0.4, 0.5) is 0 Å². The normalized spacial score (nSPS) is 22.7. The predicted molar refractivity (Wildman–Crippen MR) is 73.6 cm³/mol. The van der Waals surface area contributed by atoms with Crippen LogP contribution in [0.25, 0.3) is 0 Å². The molecule has 4 nitrogen and oxygen atoms in total. The van der Waals surface area contributed by atoms with Crippen LogP contribution in [0.3, 0.4) is 0 Å². The zero-order valence-electron chi connectivity index (χ0n) is 10.9. The summed E-state index contributed by atoms with van der Waals surface area (Å²) in [4.78, 5) is 13.7. The molecule has 106 valence electrons. The highest BCUT2D eigenvalue weighted by Crippen LogP contribution is 2.21. The fraction of sp³-hybridized carbons (Fsp3) is 0.917. The van der Waals surface area contributed by atoms with Gasteiger partial charge >= 0.3 is 0 Å². The Balaban J connectivity index is 2.47. The second kappa shape index (κ2) is 7.34. The first-order chi connectivity index (χ1) is 8.49. The van der Waals surface area contributed by atoms with Crippen LogP contribution < -0.4 is 0 Å². The van der Waals surface area contributed by atoms with Gasteiger partial charge < -0.3 is 4.90 Å². The number of rotatable bonds is 6. The fourth-order valence-corrected chi connectivity index (χ4v) is 4.30. The Morgan fingerprint density at radius 1 is 1.28 bits per heavy atom. The Bertz CT molecular complexity index is 370. The lowest BCUT2D eigenvalue weighted by Crippen LogP contribution is -2.44. The summed E-state index contributed by atoms with van der Waals surface area (Å²) in [5, 5.41) is -0.802. The lowest BCUT2D eigenvalue weighted by atomic mass is 10.1. The molecule has 0 aromatic carbocycles. The van der Waals surface area contributed by atoms with E-state index in [1.807, 2.05) is 0 Å². The second-order valence-corrected chi connectivity index (χ2v) is 7.54. The van der Waals surface area contributed by atoms with Crippen molar-refractivity contribution in [1.29, 1.82) is 0 Å². The van der Waals surface area contributed by atoms with E-state index in [0.717, 1.165) is 25.7 Å². The van der Waals surface area contributed by atoms with Crippen molar-refractivity contribution in [2.45, 2.75) is 43.8 Å². The molecule has 0 saturated carbocycles. The zero-order chi connectivity index (χ0) is 13.6. The van der Waals surface area contributed by atoms with Gasteiger partial charge in [0.25, 0.3) is 0 Å². The van der Waals surface area contributed by atoms with Crippen molar-refractivity contribution in [3.05, 3.63) is 0 Å². The maximum absolute atomic E-state index is 12.1. The molecule has 1 saturated heterocycles. The molecule has 1 fully saturated rings. The third-order valence-corrected chi connectivity index (χ3v) is 5.79. The molecule has 1 atom stereocenters. The van der Waals surface area contributed by atoms with Crippen molar-refractivity contribution < 1.29 is 13.2 Å². The van der Waals surface area contributed by atoms with Crippen molar-refractivity contribution in [3.63, 3.8) is 0 Å². The standard InChI is InChI=1S/C12H22ClNO3S/c1-14(9-5-2-4-8-13)12(15)11-7-3-6-10-18(11,16)17/h11H,2-10H2,1H3. The summed E-state index contributed by atoms with van der Waals surface area (Å²) in [5.74, 6) is 0.554. The maximum atomic E-state index is 12.1. The summed E-state index contributed by atoms with van der Waals surface area (Å²) in [6.07, 6.45) is 4.78. The lowest BCUT2D eigenvalue weighted by Gasteiger charge is -2.26. The summed E-state index contributed by atoms with van der Waals surface area (Å²) in [6.45, 7) is 0.613. The van der Waals surface area contributed by atoms with Crippen LogP contribution in [0, 0.1) is 0 Å². The van der Waals surface area contributed by atoms with E-state index in [1.54, 1.807) is 11.9 Å². The summed E-state index contributed by atoms with van der Waals surface area (Å²) in [5.41, 5.74) is 0. The van der Waals surface area contributed by atoms with E-state index < -0.39 is 15.1 Å². The van der Waals surface area contributed by atoms with Gasteiger partial charge in [-0.15, -0.1) is 11.6 Å². The van der Waals surface area contributed by atoms with E-state index in [0.29, 0.717) is 25.3 Å². The Labute approximate surface area is 115 Å². The van der Waals surface area contributed by atoms with Gasteiger partial charge in [-0.1, -0.05) is 12.8 Å². The number of hydrogen-bond donors (Lipinski definition) is 0. The van der Waals surface area contributed by atoms with Gasteiger partial charge in [-0.3, -0.25) is 4.79 Å². The number of nitrogens with zero attached hydrogens (tertiary/aromatic N) is 1. The van der Waals surface area contributed by atoms with Crippen LogP contribution in [-0.4, -0.2) is 49.7 Å². The van der Waals surface area contributed by atoms with Crippen LogP contribution in [0.15, 0.2) is 0 Å². The first kappa shape index (κ1) is 15.8. The van der Waals surface area contributed by atoms with Crippen molar-refractivity contribution in [1.82, 2.24) is 4.90 Å². The third kappa shape index (κ3) is 4.43. The van der Waals surface area contributed by atoms with Gasteiger partial charge in [0.15, 0.2) is 9.84 Å². The Morgan fingerprint density at radius 3 is 2.61 bits per heavy atom. The SMILES string of the molecule is CN(CCCCCCl)C(=O)C1CCCCS1(=O)=O. The Kier molecular flexibility index (Phi) is 6.43. The molecule has 1 aliphatic rings. The minimum atomic E-state index is -3.22. The minimum absolute atomic E-state index is 0.156. The second-order valence-electron chi connectivity index (χ2n) is 4.86. The fourth-order valence-electron chi connectivity index (χ4n) is 2.21. The van der Waals surface area contributed by atoms with E-state index in [9.17, 15) is 13.2 Å². The largest absolute Gasteiger partial charge is 0.345 e. The number of amides is 1. The highest BCUT2D eigenvalue weighted by molar-refractivity contribution is 7.92. The molecular weight excluding hydrogens is 274 g/mol. The van der Waals surface area contributed by atoms with Gasteiger partial charge in [0, 0.05) is 19.5 Å². The van der Waals surface area contributed by atoms with Gasteiger partial charge in [0.2, 0.25) is 5.91 Å². The molecule has 0 aromatic heterocycles. The Hall–Kier alpha value is -0.290. The van der Waals surface area contributed by atoms with Gasteiger partial charge in [-0.25, -0.2) is 8.42 Å². The number of carbonyl (C=O) groups is 1. The summed E-state index contributed by atoms with van der Waals surface area (Å²) >= 11 is 5.58. The topological polar surface area (TPSA) is 54.5 Å². The average molecular weight is 296 g/mol. The van der Waals surface area contributed by atoms with Crippen LogP contribution in [0.5, 0.6) is 0 Å². The van der Waals surface area contributed by atoms with E-state index in [2.05, 4.69) is 0 Å². The number of alkyl halides is 1. The molecule has 1 rings (SSSR count). The maximum Gasteiger partial charge on any atom is 0.240 e. The van der Waals surface area contributed by atoms with Gasteiger partial charge in [0.1, 0.15) is 5.25 Å². The molecule has 0 N–H and O–H groups in total. The lowest BCUT2D eigenvalue weighted by molar-refractivity contribution is -0.129. The average Bonchev–Trinajstić information content (AvgIpc) is 2.33. The molecule has 0 aliphatic carbocycles. The smallest absolute Gasteiger partial charge is 0.240 e. The van der Waals surface area contributed by atoms with Crippen molar-refractivity contribution in [3.8, 4) is 0 Å². The van der Waals surface area contributed by atoms with Crippen molar-refractivity contribution >= 4 is 27.3 Å². The summed E-state index contributed by atoms with van der Waals surface area (Å²) < 4.78 is 23.7. The van der Waals surface area contributed by atoms with Gasteiger partial charge in [0.05, 0.1) is 5.75 Å². The number of hydrogen-bond acceptors (Lipinski definition) is 3. The molecule has 1 aliphatic heterocycles. The third-order valence-electron chi connectivity index (χ3n) is 3.36. The van der Waals surface area contributed by atoms with Crippen LogP contribution in [0.2, 0.25) is 0 Å². The number of halogens is 1. The van der Waals surface area contributed by atoms with Gasteiger partial charge in [-0.2, -0.15) is 0 Å². The monoisotopic (exact) mass is 295 g/mol. The van der Waals surface area contributed by atoms with Crippen LogP contribution in [-0.2, 0) is 14.6 Å². The number of sulfone groups is 1. The molecule has 0 bridgehead atoms. The van der Waals surface area contributed by atoms with Gasteiger partial charge in [-0.05, 0) is 25.7 Å². The molecule has 0 aromatic rings. The molecule has 0 radical (unpaired) electrons. The minimum Gasteiger partial charge on any atom is -0.345 e. The Morgan fingerprint density at radius 2 is 2.00 bits per heavy atom. The number of carbonyl (C=O) groups excluding carboxylic acids is 1. The summed E-state index contributed by atoms with van der Waals surface area (Å²) in [6, 6.07) is 0. The van der Waals surface area contributed by atoms with Crippen LogP contribution in [0.1, 0.15) is 38.5 Å². The first-order valence-corrected chi connectivity index (χ1v) is 8.76. The van der Waals surface area contributed by atoms with E-state index in [4.69, 9.17) is 11.6 Å². The van der Waals surface area contributed by atoms with E-state index in [-0.39, 0.29) is 11.7 Å². The van der Waals surface area contributed by atoms with E-state index in [1.165, 1.54) is 0 Å². The molecule has 6 heteroatoms. The molecular formula is C12H22ClNO3S.